The largest absolute Gasteiger partial charge is 0.454 e. The number of ether oxygens (including phenoxy) is 1. The second kappa shape index (κ2) is 12.3. The van der Waals surface area contributed by atoms with Crippen molar-refractivity contribution >= 4 is 72.9 Å². The van der Waals surface area contributed by atoms with Gasteiger partial charge in [-0.15, -0.1) is 0 Å². The van der Waals surface area contributed by atoms with Gasteiger partial charge in [-0.1, -0.05) is 113 Å². The van der Waals surface area contributed by atoms with E-state index in [0.717, 1.165) is 10.8 Å². The molecule has 0 aliphatic rings. The third kappa shape index (κ3) is 7.13. The van der Waals surface area contributed by atoms with Crippen molar-refractivity contribution in [3.8, 4) is 11.5 Å². The van der Waals surface area contributed by atoms with Gasteiger partial charge in [0.25, 0.3) is 10.0 Å². The lowest BCUT2D eigenvalue weighted by atomic mass is 10.1. The molecule has 5 aromatic carbocycles. The number of hydrogen-bond acceptors (Lipinski definition) is 3. The van der Waals surface area contributed by atoms with Crippen LogP contribution in [0.5, 0.6) is 11.5 Å². The summed E-state index contributed by atoms with van der Waals surface area (Å²) in [6.45, 7) is 2.08. The molecule has 0 radical (unpaired) electrons. The van der Waals surface area contributed by atoms with E-state index in [1.54, 1.807) is 6.07 Å². The van der Waals surface area contributed by atoms with E-state index in [2.05, 4.69) is 23.8 Å². The second-order valence-corrected chi connectivity index (χ2v) is 11.5. The van der Waals surface area contributed by atoms with Crippen LogP contribution >= 0.6 is 46.4 Å². The van der Waals surface area contributed by atoms with Gasteiger partial charge in [0.2, 0.25) is 0 Å². The number of hydrogen-bond donors (Lipinski definition) is 1. The van der Waals surface area contributed by atoms with E-state index in [0.29, 0.717) is 10.8 Å². The minimum atomic E-state index is -3.99. The highest BCUT2D eigenvalue weighted by molar-refractivity contribution is 7.92. The summed E-state index contributed by atoms with van der Waals surface area (Å²) >= 11 is 24.5. The first-order valence-electron chi connectivity index (χ1n) is 11.3. The van der Waals surface area contributed by atoms with E-state index in [-0.39, 0.29) is 31.4 Å². The molecule has 0 bridgehead atoms. The fourth-order valence-corrected chi connectivity index (χ4v) is 5.88. The molecule has 0 spiro atoms. The van der Waals surface area contributed by atoms with Crippen molar-refractivity contribution in [2.75, 3.05) is 4.72 Å². The highest BCUT2D eigenvalue weighted by atomic mass is 35.5. The quantitative estimate of drug-likeness (QED) is 0.217. The van der Waals surface area contributed by atoms with E-state index < -0.39 is 10.0 Å². The Morgan fingerprint density at radius 3 is 1.89 bits per heavy atom. The summed E-state index contributed by atoms with van der Waals surface area (Å²) in [5.41, 5.74) is 1.48. The summed E-state index contributed by atoms with van der Waals surface area (Å²) in [7, 11) is -3.99. The normalized spacial score (nSPS) is 11.0. The lowest BCUT2D eigenvalue weighted by Gasteiger charge is -2.14. The summed E-state index contributed by atoms with van der Waals surface area (Å²) in [5.74, 6) is 0.759. The zero-order valence-corrected chi connectivity index (χ0v) is 23.8. The van der Waals surface area contributed by atoms with Crippen LogP contribution in [-0.2, 0) is 10.0 Å². The molecule has 0 atom stereocenters. The van der Waals surface area contributed by atoms with E-state index in [4.69, 9.17) is 51.1 Å². The first-order valence-corrected chi connectivity index (χ1v) is 14.3. The van der Waals surface area contributed by atoms with Crippen molar-refractivity contribution in [2.45, 2.75) is 11.8 Å². The standard InChI is InChI=1S/C22H13Cl4NO3S.C7H8/c23-15-6-8-21(18(24)10-15)31(28,29)27-16-11-19(25)22(20(26)12-16)30-17-7-5-13-3-1-2-4-14(13)9-17;1-7-5-3-2-4-6-7/h1-12,27H;2-6H,1H3. The van der Waals surface area contributed by atoms with Gasteiger partial charge in [0.1, 0.15) is 10.6 Å². The SMILES string of the molecule is Cc1ccccc1.O=S(=O)(Nc1cc(Cl)c(Oc2ccc3ccccc3c2)c(Cl)c1)c1ccc(Cl)cc1Cl. The van der Waals surface area contributed by atoms with Crippen LogP contribution in [0.3, 0.4) is 0 Å². The first kappa shape index (κ1) is 28.1. The molecule has 0 unspecified atom stereocenters. The molecule has 9 heteroatoms. The average Bonchev–Trinajstić information content (AvgIpc) is 2.86. The Morgan fingerprint density at radius 2 is 1.29 bits per heavy atom. The van der Waals surface area contributed by atoms with Crippen molar-refractivity contribution in [1.82, 2.24) is 0 Å². The number of rotatable bonds is 5. The van der Waals surface area contributed by atoms with Crippen LogP contribution < -0.4 is 9.46 Å². The Morgan fingerprint density at radius 1 is 0.658 bits per heavy atom. The van der Waals surface area contributed by atoms with Gasteiger partial charge < -0.3 is 4.74 Å². The number of halogens is 4. The smallest absolute Gasteiger partial charge is 0.263 e. The maximum atomic E-state index is 12.7. The number of fused-ring (bicyclic) bond motifs is 1. The molecule has 4 nitrogen and oxygen atoms in total. The molecule has 0 heterocycles. The zero-order chi connectivity index (χ0) is 27.3. The molecular formula is C29H21Cl4NO3S. The van der Waals surface area contributed by atoms with Crippen LogP contribution in [0, 0.1) is 6.92 Å². The number of anilines is 1. The predicted molar refractivity (Wildman–Crippen MR) is 159 cm³/mol. The number of aryl methyl sites for hydroxylation is 1. The first-order chi connectivity index (χ1) is 18.1. The molecule has 5 aromatic rings. The molecule has 0 saturated heterocycles. The average molecular weight is 605 g/mol. The zero-order valence-electron chi connectivity index (χ0n) is 20.0. The third-order valence-electron chi connectivity index (χ3n) is 5.32. The van der Waals surface area contributed by atoms with E-state index >= 15 is 0 Å². The van der Waals surface area contributed by atoms with Gasteiger partial charge in [0.05, 0.1) is 20.8 Å². The van der Waals surface area contributed by atoms with Crippen molar-refractivity contribution in [3.63, 3.8) is 0 Å². The summed E-state index contributed by atoms with van der Waals surface area (Å²) in [5, 5.41) is 2.66. The Balaban J connectivity index is 0.000000417. The van der Waals surface area contributed by atoms with Crippen molar-refractivity contribution < 1.29 is 13.2 Å². The Hall–Kier alpha value is -2.93. The van der Waals surface area contributed by atoms with Gasteiger partial charge in [-0.3, -0.25) is 4.72 Å². The van der Waals surface area contributed by atoms with Gasteiger partial charge in [-0.05, 0) is 60.2 Å². The van der Waals surface area contributed by atoms with Crippen LogP contribution in [0.15, 0.2) is 108 Å². The van der Waals surface area contributed by atoms with Crippen LogP contribution in [0.1, 0.15) is 5.56 Å². The molecule has 0 aliphatic carbocycles. The van der Waals surface area contributed by atoms with Crippen molar-refractivity contribution in [3.05, 3.63) is 129 Å². The molecule has 38 heavy (non-hydrogen) atoms. The molecule has 0 aromatic heterocycles. The van der Waals surface area contributed by atoms with Gasteiger partial charge in [0.15, 0.2) is 5.75 Å². The molecule has 0 aliphatic heterocycles. The van der Waals surface area contributed by atoms with E-state index in [9.17, 15) is 8.42 Å². The summed E-state index contributed by atoms with van der Waals surface area (Å²) in [4.78, 5) is -0.123. The Bertz CT molecular complexity index is 1670. The van der Waals surface area contributed by atoms with Crippen LogP contribution in [0.2, 0.25) is 20.1 Å². The number of benzene rings is 5. The second-order valence-electron chi connectivity index (χ2n) is 8.21. The maximum Gasteiger partial charge on any atom is 0.263 e. The molecule has 1 N–H and O–H groups in total. The minimum absolute atomic E-state index is 0.00606. The van der Waals surface area contributed by atoms with Crippen LogP contribution in [0.4, 0.5) is 5.69 Å². The van der Waals surface area contributed by atoms with Crippen molar-refractivity contribution in [1.29, 1.82) is 0 Å². The minimum Gasteiger partial charge on any atom is -0.454 e. The summed E-state index contributed by atoms with van der Waals surface area (Å²) in [6.07, 6.45) is 0. The van der Waals surface area contributed by atoms with Crippen LogP contribution in [-0.4, -0.2) is 8.42 Å². The number of nitrogens with one attached hydrogen (secondary N) is 1. The Labute approximate surface area is 241 Å². The third-order valence-corrected chi connectivity index (χ3v) is 7.98. The van der Waals surface area contributed by atoms with Crippen LogP contribution in [0.25, 0.3) is 10.8 Å². The molecule has 0 fully saturated rings. The number of sulfonamides is 1. The van der Waals surface area contributed by atoms with Gasteiger partial charge in [-0.2, -0.15) is 0 Å². The van der Waals surface area contributed by atoms with Gasteiger partial charge in [-0.25, -0.2) is 8.42 Å². The van der Waals surface area contributed by atoms with Gasteiger partial charge in [0, 0.05) is 5.02 Å². The summed E-state index contributed by atoms with van der Waals surface area (Å²) < 4.78 is 33.7. The predicted octanol–water partition coefficient (Wildman–Crippen LogP) is 10.0. The lowest BCUT2D eigenvalue weighted by Crippen LogP contribution is -2.13. The lowest BCUT2D eigenvalue weighted by molar-refractivity contribution is 0.484. The molecule has 0 saturated carbocycles. The van der Waals surface area contributed by atoms with Crippen molar-refractivity contribution in [2.24, 2.45) is 0 Å². The summed E-state index contributed by atoms with van der Waals surface area (Å²) in [6, 6.07) is 30.6. The highest BCUT2D eigenvalue weighted by Gasteiger charge is 2.20. The topological polar surface area (TPSA) is 55.4 Å². The molecule has 5 rings (SSSR count). The maximum absolute atomic E-state index is 12.7. The van der Waals surface area contributed by atoms with E-state index in [1.165, 1.54) is 35.9 Å². The monoisotopic (exact) mass is 603 g/mol. The molecule has 0 amide bonds. The molecule has 194 valence electrons. The fourth-order valence-electron chi connectivity index (χ4n) is 3.50. The van der Waals surface area contributed by atoms with Gasteiger partial charge >= 0.3 is 0 Å². The fraction of sp³-hybridized carbons (Fsp3) is 0.0345. The Kier molecular flexibility index (Phi) is 9.08. The highest BCUT2D eigenvalue weighted by Crippen LogP contribution is 2.40. The molecular weight excluding hydrogens is 584 g/mol. The van der Waals surface area contributed by atoms with E-state index in [1.807, 2.05) is 54.6 Å².